The number of fused-ring (bicyclic) bond motifs is 6. The van der Waals surface area contributed by atoms with Crippen LogP contribution in [-0.2, 0) is 10.8 Å². The summed E-state index contributed by atoms with van der Waals surface area (Å²) in [5.41, 5.74) is 14.2. The van der Waals surface area contributed by atoms with Crippen LogP contribution < -0.4 is 0 Å². The van der Waals surface area contributed by atoms with Gasteiger partial charge in [0.15, 0.2) is 0 Å². The van der Waals surface area contributed by atoms with E-state index in [-0.39, 0.29) is 10.8 Å². The van der Waals surface area contributed by atoms with Crippen molar-refractivity contribution in [3.8, 4) is 22.3 Å². The molecule has 2 heteroatoms. The van der Waals surface area contributed by atoms with Crippen LogP contribution in [0.4, 0.5) is 0 Å². The maximum atomic E-state index is 3.72. The minimum Gasteiger partial charge on any atom is -0.0516 e. The molecule has 3 aromatic rings. The zero-order chi connectivity index (χ0) is 20.2. The van der Waals surface area contributed by atoms with E-state index in [9.17, 15) is 0 Å². The lowest BCUT2D eigenvalue weighted by Gasteiger charge is -2.24. The van der Waals surface area contributed by atoms with Crippen LogP contribution in [0, 0.1) is 13.8 Å². The van der Waals surface area contributed by atoms with Gasteiger partial charge in [0.1, 0.15) is 0 Å². The van der Waals surface area contributed by atoms with Crippen molar-refractivity contribution in [2.45, 2.75) is 52.4 Å². The zero-order valence-electron chi connectivity index (χ0n) is 17.2. The third-order valence-electron chi connectivity index (χ3n) is 6.99. The highest BCUT2D eigenvalue weighted by molar-refractivity contribution is 9.10. The van der Waals surface area contributed by atoms with E-state index in [1.54, 1.807) is 0 Å². The normalized spacial score (nSPS) is 17.1. The molecule has 0 aromatic heterocycles. The second-order valence-corrected chi connectivity index (χ2v) is 11.3. The topological polar surface area (TPSA) is 0 Å². The van der Waals surface area contributed by atoms with Gasteiger partial charge < -0.3 is 0 Å². The Morgan fingerprint density at radius 3 is 1.25 bits per heavy atom. The molecule has 0 saturated carbocycles. The second kappa shape index (κ2) is 5.61. The smallest absolute Gasteiger partial charge is 0.0181 e. The first-order valence-electron chi connectivity index (χ1n) is 9.84. The van der Waals surface area contributed by atoms with Crippen molar-refractivity contribution in [1.82, 2.24) is 0 Å². The van der Waals surface area contributed by atoms with Crippen molar-refractivity contribution in [3.63, 3.8) is 0 Å². The third kappa shape index (κ3) is 2.22. The Hall–Kier alpha value is -1.38. The molecule has 0 N–H and O–H groups in total. The molecule has 28 heavy (non-hydrogen) atoms. The fourth-order valence-electron chi connectivity index (χ4n) is 5.52. The van der Waals surface area contributed by atoms with Crippen molar-refractivity contribution in [2.24, 2.45) is 0 Å². The summed E-state index contributed by atoms with van der Waals surface area (Å²) in [6, 6.07) is 14.1. The number of hydrogen-bond acceptors (Lipinski definition) is 0. The number of halogens is 2. The van der Waals surface area contributed by atoms with Crippen LogP contribution in [0.5, 0.6) is 0 Å². The van der Waals surface area contributed by atoms with Crippen molar-refractivity contribution in [3.05, 3.63) is 78.7 Å². The molecule has 0 spiro atoms. The second-order valence-electron chi connectivity index (χ2n) is 9.48. The molecular weight excluding hydrogens is 472 g/mol. The highest BCUT2D eigenvalue weighted by Gasteiger charge is 2.42. The summed E-state index contributed by atoms with van der Waals surface area (Å²) in [5, 5.41) is 0. The quantitative estimate of drug-likeness (QED) is 0.293. The standard InChI is InChI=1S/C26H24Br2/c1-13-7-15(27)9-21-23(13)17-11-20-18(12-19(17)25(21,3)4)24-14(2)8-16(28)10-22(24)26(20,5)6/h7-12H,1-6H3. The van der Waals surface area contributed by atoms with Gasteiger partial charge in [0, 0.05) is 19.8 Å². The lowest BCUT2D eigenvalue weighted by atomic mass is 9.79. The number of rotatable bonds is 0. The van der Waals surface area contributed by atoms with Gasteiger partial charge in [-0.25, -0.2) is 0 Å². The van der Waals surface area contributed by atoms with Crippen LogP contribution in [0.2, 0.25) is 0 Å². The van der Waals surface area contributed by atoms with Gasteiger partial charge in [0.25, 0.3) is 0 Å². The first-order chi connectivity index (χ1) is 13.0. The molecule has 0 radical (unpaired) electrons. The summed E-state index contributed by atoms with van der Waals surface area (Å²) in [5.74, 6) is 0. The summed E-state index contributed by atoms with van der Waals surface area (Å²) in [6.45, 7) is 13.9. The Balaban J connectivity index is 1.88. The number of aryl methyl sites for hydroxylation is 2. The molecule has 0 unspecified atom stereocenters. The Labute approximate surface area is 184 Å². The van der Waals surface area contributed by atoms with Gasteiger partial charge in [-0.2, -0.15) is 0 Å². The van der Waals surface area contributed by atoms with Gasteiger partial charge >= 0.3 is 0 Å². The van der Waals surface area contributed by atoms with Crippen LogP contribution in [0.1, 0.15) is 61.1 Å². The Kier molecular flexibility index (Phi) is 3.73. The van der Waals surface area contributed by atoms with Crippen molar-refractivity contribution < 1.29 is 0 Å². The average Bonchev–Trinajstić information content (AvgIpc) is 2.93. The predicted molar refractivity (Wildman–Crippen MR) is 126 cm³/mol. The van der Waals surface area contributed by atoms with Crippen molar-refractivity contribution in [1.29, 1.82) is 0 Å². The van der Waals surface area contributed by atoms with Crippen molar-refractivity contribution in [2.75, 3.05) is 0 Å². The van der Waals surface area contributed by atoms with E-state index in [0.717, 1.165) is 0 Å². The maximum absolute atomic E-state index is 3.72. The van der Waals surface area contributed by atoms with Crippen LogP contribution in [0.25, 0.3) is 22.3 Å². The molecule has 0 nitrogen and oxygen atoms in total. The van der Waals surface area contributed by atoms with E-state index in [0.29, 0.717) is 0 Å². The van der Waals surface area contributed by atoms with E-state index in [4.69, 9.17) is 0 Å². The molecule has 0 fully saturated rings. The molecule has 0 atom stereocenters. The third-order valence-corrected chi connectivity index (χ3v) is 7.91. The monoisotopic (exact) mass is 494 g/mol. The summed E-state index contributed by atoms with van der Waals surface area (Å²) in [7, 11) is 0. The SMILES string of the molecule is Cc1cc(Br)cc2c1-c1cc3c(cc1C2(C)C)-c1c(C)cc(Br)cc1C3(C)C. The largest absolute Gasteiger partial charge is 0.0516 e. The van der Waals surface area contributed by atoms with Crippen LogP contribution in [0.3, 0.4) is 0 Å². The molecule has 0 heterocycles. The molecule has 0 saturated heterocycles. The van der Waals surface area contributed by atoms with Gasteiger partial charge in [-0.05, 0) is 106 Å². The molecule has 142 valence electrons. The van der Waals surface area contributed by atoms with E-state index in [2.05, 4.69) is 110 Å². The average molecular weight is 496 g/mol. The van der Waals surface area contributed by atoms with Gasteiger partial charge in [-0.15, -0.1) is 0 Å². The predicted octanol–water partition coefficient (Wildman–Crippen LogP) is 8.44. The zero-order valence-corrected chi connectivity index (χ0v) is 20.4. The molecule has 2 aliphatic carbocycles. The summed E-state index contributed by atoms with van der Waals surface area (Å²) >= 11 is 7.43. The Morgan fingerprint density at radius 1 is 0.536 bits per heavy atom. The van der Waals surface area contributed by atoms with E-state index >= 15 is 0 Å². The minimum atomic E-state index is 0.00437. The Bertz CT molecular complexity index is 1100. The van der Waals surface area contributed by atoms with Gasteiger partial charge in [0.05, 0.1) is 0 Å². The van der Waals surface area contributed by atoms with Crippen molar-refractivity contribution >= 4 is 31.9 Å². The summed E-state index contributed by atoms with van der Waals surface area (Å²) < 4.78 is 2.34. The molecular formula is C26H24Br2. The molecule has 2 aliphatic rings. The van der Waals surface area contributed by atoms with E-state index in [1.165, 1.54) is 64.6 Å². The first-order valence-corrected chi connectivity index (χ1v) is 11.4. The number of benzene rings is 3. The van der Waals surface area contributed by atoms with Crippen LogP contribution in [0.15, 0.2) is 45.3 Å². The minimum absolute atomic E-state index is 0.00437. The van der Waals surface area contributed by atoms with Crippen LogP contribution in [-0.4, -0.2) is 0 Å². The molecule has 3 aromatic carbocycles. The fourth-order valence-corrected chi connectivity index (χ4v) is 6.67. The fraction of sp³-hybridized carbons (Fsp3) is 0.308. The van der Waals surface area contributed by atoms with Gasteiger partial charge in [-0.1, -0.05) is 59.6 Å². The first kappa shape index (κ1) is 18.6. The van der Waals surface area contributed by atoms with Gasteiger partial charge in [0.2, 0.25) is 0 Å². The lowest BCUT2D eigenvalue weighted by Crippen LogP contribution is -2.17. The highest BCUT2D eigenvalue weighted by atomic mass is 79.9. The summed E-state index contributed by atoms with van der Waals surface area (Å²) in [6.07, 6.45) is 0. The van der Waals surface area contributed by atoms with E-state index in [1.807, 2.05) is 0 Å². The molecule has 0 amide bonds. The molecule has 0 aliphatic heterocycles. The Morgan fingerprint density at radius 2 is 0.893 bits per heavy atom. The van der Waals surface area contributed by atoms with Crippen LogP contribution >= 0.6 is 31.9 Å². The number of hydrogen-bond donors (Lipinski definition) is 0. The maximum Gasteiger partial charge on any atom is 0.0181 e. The van der Waals surface area contributed by atoms with Gasteiger partial charge in [-0.3, -0.25) is 0 Å². The summed E-state index contributed by atoms with van der Waals surface area (Å²) in [4.78, 5) is 0. The lowest BCUT2D eigenvalue weighted by molar-refractivity contribution is 0.651. The van der Waals surface area contributed by atoms with E-state index < -0.39 is 0 Å². The molecule has 5 rings (SSSR count). The molecule has 0 bridgehead atoms. The highest BCUT2D eigenvalue weighted by Crippen LogP contribution is 2.57.